The normalized spacial score (nSPS) is 12.0. The summed E-state index contributed by atoms with van der Waals surface area (Å²) in [6.07, 6.45) is 0. The molecule has 0 radical (unpaired) electrons. The number of amides is 2. The van der Waals surface area contributed by atoms with Gasteiger partial charge in [-0.25, -0.2) is 4.79 Å². The number of halogens is 2. The first-order chi connectivity index (χ1) is 8.02. The standard InChI is InChI=1S/C11H14BrClN2O2/c1-7(6-17-2)14-11(16)15-10-4-3-8(12)5-9(10)13/h3-5,7H,6H2,1-2H3,(H2,14,15,16)/t7-/m1/s1. The monoisotopic (exact) mass is 320 g/mol. The van der Waals surface area contributed by atoms with Crippen molar-refractivity contribution in [2.45, 2.75) is 13.0 Å². The van der Waals surface area contributed by atoms with Gasteiger partial charge in [-0.05, 0) is 25.1 Å². The van der Waals surface area contributed by atoms with Crippen molar-refractivity contribution in [1.29, 1.82) is 0 Å². The third kappa shape index (κ3) is 4.93. The number of ether oxygens (including phenoxy) is 1. The zero-order chi connectivity index (χ0) is 12.8. The van der Waals surface area contributed by atoms with E-state index in [0.29, 0.717) is 17.3 Å². The van der Waals surface area contributed by atoms with Crippen molar-refractivity contribution in [2.24, 2.45) is 0 Å². The Balaban J connectivity index is 2.56. The van der Waals surface area contributed by atoms with Crippen LogP contribution in [0.4, 0.5) is 10.5 Å². The lowest BCUT2D eigenvalue weighted by Crippen LogP contribution is -2.38. The summed E-state index contributed by atoms with van der Waals surface area (Å²) in [5.74, 6) is 0. The molecule has 0 heterocycles. The van der Waals surface area contributed by atoms with Gasteiger partial charge >= 0.3 is 6.03 Å². The van der Waals surface area contributed by atoms with Crippen molar-refractivity contribution >= 4 is 39.2 Å². The van der Waals surface area contributed by atoms with Gasteiger partial charge < -0.3 is 15.4 Å². The van der Waals surface area contributed by atoms with Crippen molar-refractivity contribution in [3.8, 4) is 0 Å². The number of hydrogen-bond acceptors (Lipinski definition) is 2. The van der Waals surface area contributed by atoms with Gasteiger partial charge in [-0.1, -0.05) is 27.5 Å². The maximum Gasteiger partial charge on any atom is 0.319 e. The van der Waals surface area contributed by atoms with E-state index < -0.39 is 0 Å². The molecule has 17 heavy (non-hydrogen) atoms. The lowest BCUT2D eigenvalue weighted by molar-refractivity contribution is 0.173. The minimum Gasteiger partial charge on any atom is -0.383 e. The molecule has 0 unspecified atom stereocenters. The van der Waals surface area contributed by atoms with Crippen LogP contribution in [-0.4, -0.2) is 25.8 Å². The van der Waals surface area contributed by atoms with Gasteiger partial charge in [-0.15, -0.1) is 0 Å². The molecular weight excluding hydrogens is 307 g/mol. The van der Waals surface area contributed by atoms with Gasteiger partial charge in [0.2, 0.25) is 0 Å². The zero-order valence-corrected chi connectivity index (χ0v) is 11.9. The van der Waals surface area contributed by atoms with Crippen molar-refractivity contribution in [2.75, 3.05) is 19.0 Å². The van der Waals surface area contributed by atoms with Gasteiger partial charge in [0.15, 0.2) is 0 Å². The molecule has 0 spiro atoms. The first-order valence-electron chi connectivity index (χ1n) is 5.04. The largest absolute Gasteiger partial charge is 0.383 e. The first-order valence-corrected chi connectivity index (χ1v) is 6.21. The number of urea groups is 1. The highest BCUT2D eigenvalue weighted by molar-refractivity contribution is 9.10. The van der Waals surface area contributed by atoms with Crippen molar-refractivity contribution in [3.63, 3.8) is 0 Å². The number of anilines is 1. The zero-order valence-electron chi connectivity index (χ0n) is 9.59. The predicted octanol–water partition coefficient (Wildman–Crippen LogP) is 3.26. The Hall–Kier alpha value is -0.780. The van der Waals surface area contributed by atoms with Crippen LogP contribution in [-0.2, 0) is 4.74 Å². The Morgan fingerprint density at radius 1 is 1.59 bits per heavy atom. The summed E-state index contributed by atoms with van der Waals surface area (Å²) in [5, 5.41) is 5.87. The molecule has 1 atom stereocenters. The van der Waals surface area contributed by atoms with E-state index in [0.717, 1.165) is 4.47 Å². The average molecular weight is 322 g/mol. The Morgan fingerprint density at radius 3 is 2.88 bits per heavy atom. The van der Waals surface area contributed by atoms with Crippen LogP contribution < -0.4 is 10.6 Å². The van der Waals surface area contributed by atoms with E-state index in [1.165, 1.54) is 0 Å². The fraction of sp³-hybridized carbons (Fsp3) is 0.364. The first kappa shape index (κ1) is 14.3. The van der Waals surface area contributed by atoms with Crippen LogP contribution in [0.3, 0.4) is 0 Å². The third-order valence-corrected chi connectivity index (χ3v) is 2.78. The lowest BCUT2D eigenvalue weighted by Gasteiger charge is -2.14. The molecule has 1 aromatic rings. The van der Waals surface area contributed by atoms with Crippen LogP contribution in [0.25, 0.3) is 0 Å². The molecule has 4 nitrogen and oxygen atoms in total. The van der Waals surface area contributed by atoms with E-state index >= 15 is 0 Å². The van der Waals surface area contributed by atoms with Crippen LogP contribution in [0.15, 0.2) is 22.7 Å². The van der Waals surface area contributed by atoms with Gasteiger partial charge in [0.05, 0.1) is 23.4 Å². The maximum atomic E-state index is 11.6. The van der Waals surface area contributed by atoms with Crippen LogP contribution in [0, 0.1) is 0 Å². The number of carbonyl (C=O) groups excluding carboxylic acids is 1. The topological polar surface area (TPSA) is 50.4 Å². The number of hydrogen-bond donors (Lipinski definition) is 2. The van der Waals surface area contributed by atoms with E-state index in [9.17, 15) is 4.79 Å². The van der Waals surface area contributed by atoms with E-state index in [2.05, 4.69) is 26.6 Å². The summed E-state index contributed by atoms with van der Waals surface area (Å²) >= 11 is 9.27. The molecule has 6 heteroatoms. The van der Waals surface area contributed by atoms with Crippen molar-refractivity contribution < 1.29 is 9.53 Å². The minimum absolute atomic E-state index is 0.0609. The predicted molar refractivity (Wildman–Crippen MR) is 72.6 cm³/mol. The SMILES string of the molecule is COC[C@@H](C)NC(=O)Nc1ccc(Br)cc1Cl. The molecular formula is C11H14BrClN2O2. The molecule has 2 N–H and O–H groups in total. The van der Waals surface area contributed by atoms with Crippen LogP contribution in [0.2, 0.25) is 5.02 Å². The highest BCUT2D eigenvalue weighted by atomic mass is 79.9. The molecule has 0 saturated carbocycles. The number of benzene rings is 1. The van der Waals surface area contributed by atoms with Crippen molar-refractivity contribution in [1.82, 2.24) is 5.32 Å². The second-order valence-corrected chi connectivity index (χ2v) is 4.90. The quantitative estimate of drug-likeness (QED) is 0.894. The van der Waals surface area contributed by atoms with Crippen molar-refractivity contribution in [3.05, 3.63) is 27.7 Å². The van der Waals surface area contributed by atoms with Gasteiger partial charge in [0, 0.05) is 11.6 Å². The number of methoxy groups -OCH3 is 1. The number of rotatable bonds is 4. The maximum absolute atomic E-state index is 11.6. The van der Waals surface area contributed by atoms with Gasteiger partial charge in [0.25, 0.3) is 0 Å². The molecule has 0 aliphatic carbocycles. The van der Waals surface area contributed by atoms with E-state index in [1.54, 1.807) is 25.3 Å². The average Bonchev–Trinajstić information content (AvgIpc) is 2.22. The summed E-state index contributed by atoms with van der Waals surface area (Å²) in [6, 6.07) is 4.89. The number of nitrogens with one attached hydrogen (secondary N) is 2. The Morgan fingerprint density at radius 2 is 2.29 bits per heavy atom. The molecule has 0 bridgehead atoms. The molecule has 0 aromatic heterocycles. The van der Waals surface area contributed by atoms with Crippen LogP contribution in [0.1, 0.15) is 6.92 Å². The molecule has 0 aliphatic heterocycles. The highest BCUT2D eigenvalue weighted by Gasteiger charge is 2.08. The van der Waals surface area contributed by atoms with E-state index in [1.807, 2.05) is 6.92 Å². The van der Waals surface area contributed by atoms with Gasteiger partial charge in [-0.3, -0.25) is 0 Å². The van der Waals surface area contributed by atoms with E-state index in [4.69, 9.17) is 16.3 Å². The molecule has 0 aliphatic rings. The molecule has 1 aromatic carbocycles. The minimum atomic E-state index is -0.307. The highest BCUT2D eigenvalue weighted by Crippen LogP contribution is 2.25. The Bertz CT molecular complexity index is 401. The fourth-order valence-corrected chi connectivity index (χ4v) is 1.99. The molecule has 0 saturated heterocycles. The number of carbonyl (C=O) groups is 1. The summed E-state index contributed by atoms with van der Waals surface area (Å²) in [7, 11) is 1.58. The fourth-order valence-electron chi connectivity index (χ4n) is 1.26. The molecule has 94 valence electrons. The molecule has 2 amide bonds. The summed E-state index contributed by atoms with van der Waals surface area (Å²) in [4.78, 5) is 11.6. The summed E-state index contributed by atoms with van der Waals surface area (Å²) in [6.45, 7) is 2.31. The summed E-state index contributed by atoms with van der Waals surface area (Å²) < 4.78 is 5.78. The lowest BCUT2D eigenvalue weighted by atomic mass is 10.3. The van der Waals surface area contributed by atoms with Crippen LogP contribution >= 0.6 is 27.5 Å². The molecule has 0 fully saturated rings. The second-order valence-electron chi connectivity index (χ2n) is 3.58. The van der Waals surface area contributed by atoms with Gasteiger partial charge in [0.1, 0.15) is 0 Å². The third-order valence-electron chi connectivity index (χ3n) is 1.97. The summed E-state index contributed by atoms with van der Waals surface area (Å²) in [5.41, 5.74) is 0.567. The molecule has 1 rings (SSSR count). The van der Waals surface area contributed by atoms with Gasteiger partial charge in [-0.2, -0.15) is 0 Å². The van der Waals surface area contributed by atoms with Crippen LogP contribution in [0.5, 0.6) is 0 Å². The second kappa shape index (κ2) is 6.83. The smallest absolute Gasteiger partial charge is 0.319 e. The van der Waals surface area contributed by atoms with E-state index in [-0.39, 0.29) is 12.1 Å². The Labute approximate surface area is 114 Å². The Kier molecular flexibility index (Phi) is 5.74.